The molecule has 0 spiro atoms. The molecule has 0 saturated heterocycles. The molecule has 0 fully saturated rings. The zero-order valence-corrected chi connectivity index (χ0v) is 16.0. The van der Waals surface area contributed by atoms with E-state index in [1.807, 2.05) is 58.2 Å². The largest absolute Gasteiger partial charge is 1.00 e. The third-order valence-electron chi connectivity index (χ3n) is 2.97. The van der Waals surface area contributed by atoms with Gasteiger partial charge in [0.05, 0.1) is 23.6 Å². The van der Waals surface area contributed by atoms with Gasteiger partial charge in [0.2, 0.25) is 0 Å². The zero-order valence-electron chi connectivity index (χ0n) is 12.8. The first-order valence-electron chi connectivity index (χ1n) is 6.80. The fourth-order valence-corrected chi connectivity index (χ4v) is 1.99. The molecular formula is C16H18Br2N4O2. The van der Waals surface area contributed by atoms with E-state index in [2.05, 4.69) is 22.5 Å². The molecule has 2 heterocycles. The second kappa shape index (κ2) is 12.4. The lowest BCUT2D eigenvalue weighted by atomic mass is 10.3. The van der Waals surface area contributed by atoms with Gasteiger partial charge in [-0.25, -0.2) is 9.13 Å². The predicted octanol–water partition coefficient (Wildman–Crippen LogP) is -4.86. The molecule has 2 rings (SSSR count). The van der Waals surface area contributed by atoms with E-state index in [9.17, 15) is 0 Å². The van der Waals surface area contributed by atoms with Crippen LogP contribution in [0.15, 0.2) is 71.5 Å². The van der Waals surface area contributed by atoms with Gasteiger partial charge >= 0.3 is 0 Å². The third-order valence-corrected chi connectivity index (χ3v) is 2.97. The Morgan fingerprint density at radius 1 is 0.792 bits per heavy atom. The Morgan fingerprint density at radius 2 is 1.21 bits per heavy atom. The van der Waals surface area contributed by atoms with Gasteiger partial charge in [-0.05, 0) is 24.3 Å². The van der Waals surface area contributed by atoms with Gasteiger partial charge in [-0.15, -0.1) is 0 Å². The maximum Gasteiger partial charge on any atom is 0.178 e. The molecule has 0 aromatic carbocycles. The molecule has 24 heavy (non-hydrogen) atoms. The summed E-state index contributed by atoms with van der Waals surface area (Å²) in [5.41, 5.74) is 1.67. The van der Waals surface area contributed by atoms with Crippen molar-refractivity contribution in [1.29, 1.82) is 0 Å². The van der Waals surface area contributed by atoms with Gasteiger partial charge in [-0.2, -0.15) is 0 Å². The van der Waals surface area contributed by atoms with Crippen molar-refractivity contribution in [3.63, 3.8) is 0 Å². The number of allylic oxidation sites excluding steroid dienone is 2. The summed E-state index contributed by atoms with van der Waals surface area (Å²) in [6.07, 6.45) is 14.6. The Labute approximate surface area is 161 Å². The molecule has 0 aliphatic carbocycles. The predicted molar refractivity (Wildman–Crippen MR) is 81.2 cm³/mol. The van der Waals surface area contributed by atoms with Gasteiger partial charge < -0.3 is 44.4 Å². The molecule has 2 aromatic rings. The molecule has 0 amide bonds. The first kappa shape index (κ1) is 21.9. The second-order valence-electron chi connectivity index (χ2n) is 4.63. The smallest absolute Gasteiger partial charge is 0.178 e. The lowest BCUT2D eigenvalue weighted by Crippen LogP contribution is -3.00. The minimum Gasteiger partial charge on any atom is -1.00 e. The summed E-state index contributed by atoms with van der Waals surface area (Å²) in [5, 5.41) is 23.1. The van der Waals surface area contributed by atoms with Gasteiger partial charge in [0.25, 0.3) is 0 Å². The van der Waals surface area contributed by atoms with Crippen LogP contribution in [0.5, 0.6) is 0 Å². The minimum absolute atomic E-state index is 0. The highest BCUT2D eigenvalue weighted by molar-refractivity contribution is 5.78. The molecule has 2 N–H and O–H groups in total. The van der Waals surface area contributed by atoms with E-state index in [1.165, 1.54) is 12.4 Å². The molecule has 0 unspecified atom stereocenters. The number of hydrogen-bond donors (Lipinski definition) is 2. The van der Waals surface area contributed by atoms with Crippen LogP contribution < -0.4 is 43.1 Å². The van der Waals surface area contributed by atoms with E-state index in [-0.39, 0.29) is 34.0 Å². The van der Waals surface area contributed by atoms with Gasteiger partial charge in [-0.1, -0.05) is 10.3 Å². The van der Waals surface area contributed by atoms with Gasteiger partial charge in [-0.3, -0.25) is 0 Å². The van der Waals surface area contributed by atoms with E-state index in [1.54, 1.807) is 0 Å². The number of aromatic nitrogens is 2. The standard InChI is InChI=1S/C16H16N4O2.2BrH/c21-17-11-15-5-3-9-19(13-15)7-1-2-8-20-10-4-6-16(14-20)12-18-22;;/h1-6,9-14H,7-8H2;2*1H/b2-1-,17-11+,18-12+;;. The van der Waals surface area contributed by atoms with E-state index in [0.717, 1.165) is 24.2 Å². The first-order chi connectivity index (χ1) is 10.8. The third kappa shape index (κ3) is 7.47. The lowest BCUT2D eigenvalue weighted by Gasteiger charge is -1.94. The van der Waals surface area contributed by atoms with E-state index in [4.69, 9.17) is 10.4 Å². The van der Waals surface area contributed by atoms with Crippen LogP contribution in [-0.2, 0) is 13.1 Å². The summed E-state index contributed by atoms with van der Waals surface area (Å²) in [4.78, 5) is 0. The summed E-state index contributed by atoms with van der Waals surface area (Å²) in [6.45, 7) is 1.46. The Kier molecular flexibility index (Phi) is 11.3. The average molecular weight is 458 g/mol. The van der Waals surface area contributed by atoms with E-state index < -0.39 is 0 Å². The Morgan fingerprint density at radius 3 is 1.58 bits per heavy atom. The van der Waals surface area contributed by atoms with Gasteiger partial charge in [0.15, 0.2) is 37.9 Å². The number of pyridine rings is 2. The molecule has 2 aromatic heterocycles. The highest BCUT2D eigenvalue weighted by Crippen LogP contribution is 1.91. The summed E-state index contributed by atoms with van der Waals surface area (Å²) >= 11 is 0. The molecular weight excluding hydrogens is 440 g/mol. The Balaban J connectivity index is 0.00000264. The summed E-state index contributed by atoms with van der Waals surface area (Å²) in [7, 11) is 0. The maximum atomic E-state index is 8.53. The monoisotopic (exact) mass is 456 g/mol. The van der Waals surface area contributed by atoms with Crippen LogP contribution in [0.25, 0.3) is 0 Å². The van der Waals surface area contributed by atoms with Gasteiger partial charge in [0.1, 0.15) is 0 Å². The molecule has 0 saturated carbocycles. The van der Waals surface area contributed by atoms with Crippen LogP contribution >= 0.6 is 0 Å². The maximum absolute atomic E-state index is 8.53. The molecule has 0 aliphatic heterocycles. The van der Waals surface area contributed by atoms with Crippen molar-refractivity contribution in [3.8, 4) is 0 Å². The SMILES string of the molecule is O/N=C/c1ccc[n+](C/C=C\C[n+]2cccc(/C=N/O)c2)c1.[Br-].[Br-]. The van der Waals surface area contributed by atoms with Crippen LogP contribution in [0.4, 0.5) is 0 Å². The van der Waals surface area contributed by atoms with Crippen molar-refractivity contribution >= 4 is 12.4 Å². The number of halogens is 2. The van der Waals surface area contributed by atoms with Gasteiger partial charge in [0, 0.05) is 12.1 Å². The average Bonchev–Trinajstić information content (AvgIpc) is 2.53. The Hall–Kier alpha value is -2.06. The zero-order chi connectivity index (χ0) is 15.6. The minimum atomic E-state index is 0. The van der Waals surface area contributed by atoms with Crippen LogP contribution in [-0.4, -0.2) is 22.8 Å². The molecule has 0 atom stereocenters. The molecule has 8 heteroatoms. The van der Waals surface area contributed by atoms with Crippen molar-refractivity contribution in [2.45, 2.75) is 13.1 Å². The number of nitrogens with zero attached hydrogens (tertiary/aromatic N) is 4. The molecule has 6 nitrogen and oxygen atoms in total. The summed E-state index contributed by atoms with van der Waals surface area (Å²) in [6, 6.07) is 7.53. The van der Waals surface area contributed by atoms with Crippen molar-refractivity contribution in [1.82, 2.24) is 0 Å². The molecule has 0 aliphatic rings. The summed E-state index contributed by atoms with van der Waals surface area (Å²) in [5.74, 6) is 0. The van der Waals surface area contributed by atoms with Crippen molar-refractivity contribution in [2.24, 2.45) is 10.3 Å². The van der Waals surface area contributed by atoms with Crippen molar-refractivity contribution < 1.29 is 53.5 Å². The number of oxime groups is 2. The van der Waals surface area contributed by atoms with Crippen LogP contribution in [0, 0.1) is 0 Å². The molecule has 0 radical (unpaired) electrons. The van der Waals surface area contributed by atoms with Crippen molar-refractivity contribution in [3.05, 3.63) is 72.3 Å². The fraction of sp³-hybridized carbons (Fsp3) is 0.125. The van der Waals surface area contributed by atoms with Crippen molar-refractivity contribution in [2.75, 3.05) is 0 Å². The normalized spacial score (nSPS) is 10.8. The first-order valence-corrected chi connectivity index (χ1v) is 6.80. The van der Waals surface area contributed by atoms with Crippen LogP contribution in [0.2, 0.25) is 0 Å². The molecule has 0 bridgehead atoms. The fourth-order valence-electron chi connectivity index (χ4n) is 1.99. The molecule has 128 valence electrons. The second-order valence-corrected chi connectivity index (χ2v) is 4.63. The van der Waals surface area contributed by atoms with Crippen LogP contribution in [0.1, 0.15) is 11.1 Å². The van der Waals surface area contributed by atoms with E-state index in [0.29, 0.717) is 0 Å². The highest BCUT2D eigenvalue weighted by atomic mass is 79.9. The number of rotatable bonds is 6. The van der Waals surface area contributed by atoms with E-state index >= 15 is 0 Å². The summed E-state index contributed by atoms with van der Waals surface area (Å²) < 4.78 is 3.99. The van der Waals surface area contributed by atoms with Crippen LogP contribution in [0.3, 0.4) is 0 Å². The topological polar surface area (TPSA) is 72.9 Å². The lowest BCUT2D eigenvalue weighted by molar-refractivity contribution is -0.691. The Bertz CT molecular complexity index is 646. The number of hydrogen-bond acceptors (Lipinski definition) is 4. The highest BCUT2D eigenvalue weighted by Gasteiger charge is 2.00. The quantitative estimate of drug-likeness (QED) is 0.150.